The van der Waals surface area contributed by atoms with Crippen LogP contribution >= 0.6 is 0 Å². The number of nitrogens with zero attached hydrogens (tertiary/aromatic N) is 6. The molecule has 1 N–H and O–H groups in total. The number of aryl methyl sites for hydroxylation is 1. The zero-order chi connectivity index (χ0) is 29.8. The smallest absolute Gasteiger partial charge is 0.255 e. The van der Waals surface area contributed by atoms with E-state index in [9.17, 15) is 4.79 Å². The summed E-state index contributed by atoms with van der Waals surface area (Å²) in [5.41, 5.74) is 7.23. The van der Waals surface area contributed by atoms with Crippen molar-refractivity contribution < 1.29 is 9.53 Å². The molecule has 1 aliphatic carbocycles. The second-order valence-electron chi connectivity index (χ2n) is 11.9. The fourth-order valence-corrected chi connectivity index (χ4v) is 6.11. The van der Waals surface area contributed by atoms with Crippen LogP contribution < -0.4 is 10.2 Å². The van der Waals surface area contributed by atoms with Gasteiger partial charge in [-0.2, -0.15) is 5.10 Å². The van der Waals surface area contributed by atoms with Crippen LogP contribution in [0.25, 0.3) is 23.3 Å². The molecular weight excluding hydrogens is 538 g/mol. The molecule has 0 saturated carbocycles. The first-order chi connectivity index (χ1) is 20.9. The normalized spacial score (nSPS) is 20.2. The van der Waals surface area contributed by atoms with E-state index in [4.69, 9.17) is 4.74 Å². The number of hydrogen-bond donors (Lipinski definition) is 1. The summed E-state index contributed by atoms with van der Waals surface area (Å²) in [7, 11) is 2.01. The number of carbonyl (C=O) groups is 1. The third-order valence-electron chi connectivity index (χ3n) is 8.79. The summed E-state index contributed by atoms with van der Waals surface area (Å²) >= 11 is 0. The van der Waals surface area contributed by atoms with Gasteiger partial charge in [0.2, 0.25) is 0 Å². The van der Waals surface area contributed by atoms with E-state index in [0.29, 0.717) is 11.6 Å². The number of carbonyl (C=O) groups excluding carboxylic acids is 1. The van der Waals surface area contributed by atoms with E-state index >= 15 is 0 Å². The topological polar surface area (TPSA) is 78.8 Å². The predicted molar refractivity (Wildman–Crippen MR) is 172 cm³/mol. The van der Waals surface area contributed by atoms with Crippen LogP contribution in [0.2, 0.25) is 0 Å². The molecule has 9 nitrogen and oxygen atoms in total. The first-order valence-electron chi connectivity index (χ1n) is 15.5. The highest BCUT2D eigenvalue weighted by atomic mass is 16.5. The number of benzene rings is 1. The zero-order valence-corrected chi connectivity index (χ0v) is 25.6. The second-order valence-corrected chi connectivity index (χ2v) is 11.9. The minimum Gasteiger partial charge on any atom is -0.379 e. The maximum atomic E-state index is 13.5. The molecule has 0 spiro atoms. The number of anilines is 1. The molecule has 0 radical (unpaired) electrons. The molecule has 3 aliphatic rings. The molecule has 0 unspecified atom stereocenters. The molecule has 2 aromatic heterocycles. The summed E-state index contributed by atoms with van der Waals surface area (Å²) < 4.78 is 7.53. The molecule has 1 aromatic carbocycles. The molecule has 226 valence electrons. The second kappa shape index (κ2) is 13.2. The third kappa shape index (κ3) is 6.90. The number of fused-ring (bicyclic) bond motifs is 1. The van der Waals surface area contributed by atoms with Gasteiger partial charge in [-0.05, 0) is 67.7 Å². The van der Waals surface area contributed by atoms with Gasteiger partial charge in [-0.1, -0.05) is 24.3 Å². The number of amides is 1. The number of hydrogen-bond acceptors (Lipinski definition) is 7. The van der Waals surface area contributed by atoms with E-state index in [2.05, 4.69) is 80.4 Å². The van der Waals surface area contributed by atoms with E-state index in [1.807, 2.05) is 24.0 Å². The first-order valence-corrected chi connectivity index (χ1v) is 15.5. The van der Waals surface area contributed by atoms with Gasteiger partial charge in [0, 0.05) is 81.9 Å². The third-order valence-corrected chi connectivity index (χ3v) is 8.79. The summed E-state index contributed by atoms with van der Waals surface area (Å²) in [6.07, 6.45) is 11.8. The van der Waals surface area contributed by atoms with Crippen molar-refractivity contribution in [3.63, 3.8) is 0 Å². The Morgan fingerprint density at radius 3 is 2.63 bits per heavy atom. The number of morpholine rings is 1. The Morgan fingerprint density at radius 2 is 1.84 bits per heavy atom. The molecule has 2 saturated heterocycles. The first kappa shape index (κ1) is 29.3. The Bertz CT molecular complexity index is 1490. The number of rotatable bonds is 7. The van der Waals surface area contributed by atoms with Crippen LogP contribution in [0.3, 0.4) is 0 Å². The van der Waals surface area contributed by atoms with Crippen molar-refractivity contribution in [1.82, 2.24) is 29.9 Å². The van der Waals surface area contributed by atoms with Gasteiger partial charge in [-0.15, -0.1) is 0 Å². The summed E-state index contributed by atoms with van der Waals surface area (Å²) in [4.78, 5) is 25.2. The standard InChI is InChI=1S/C34H43N7O2/c1-25(2)40-12-14-41(15-13-40)33-22-28(10-11-35-33)34(42)37-30-7-5-4-6-26-8-9-27(20-29(26)21-30)31-23-36-38(3)32(31)24-39-16-18-43-19-17-39/h4,6,8-11,20-23,25H,5,7,12-19,24H2,1-3H3,(H,37,42)/b6-4-,30-21+. The van der Waals surface area contributed by atoms with Crippen molar-refractivity contribution in [3.05, 3.63) is 76.9 Å². The van der Waals surface area contributed by atoms with Gasteiger partial charge in [-0.25, -0.2) is 4.98 Å². The monoisotopic (exact) mass is 581 g/mol. The van der Waals surface area contributed by atoms with E-state index in [-0.39, 0.29) is 5.91 Å². The Kier molecular flexibility index (Phi) is 9.02. The molecular formula is C34H43N7O2. The number of pyridine rings is 1. The van der Waals surface area contributed by atoms with Crippen LogP contribution in [-0.4, -0.2) is 89.0 Å². The minimum absolute atomic E-state index is 0.0990. The lowest BCUT2D eigenvalue weighted by molar-refractivity contribution is 0.0332. The number of allylic oxidation sites excluding steroid dienone is 2. The van der Waals surface area contributed by atoms with Gasteiger partial charge >= 0.3 is 0 Å². The SMILES string of the molecule is CC(C)N1CCN(c2cc(C(=O)N/C3=C/c4cc(-c5cnn(C)c5CN5CCOCC5)ccc4/C=C\CC3)ccn2)CC1. The number of aromatic nitrogens is 3. The Morgan fingerprint density at radius 1 is 1.02 bits per heavy atom. The minimum atomic E-state index is -0.0990. The predicted octanol–water partition coefficient (Wildman–Crippen LogP) is 4.42. The fourth-order valence-electron chi connectivity index (χ4n) is 6.11. The van der Waals surface area contributed by atoms with Crippen molar-refractivity contribution in [2.75, 3.05) is 57.4 Å². The highest BCUT2D eigenvalue weighted by Gasteiger charge is 2.21. The lowest BCUT2D eigenvalue weighted by Gasteiger charge is -2.37. The van der Waals surface area contributed by atoms with Gasteiger partial charge in [0.1, 0.15) is 5.82 Å². The summed E-state index contributed by atoms with van der Waals surface area (Å²) in [6, 6.07) is 10.8. The van der Waals surface area contributed by atoms with Crippen LogP contribution in [0.15, 0.2) is 54.5 Å². The quantitative estimate of drug-likeness (QED) is 0.443. The van der Waals surface area contributed by atoms with Gasteiger partial charge in [0.15, 0.2) is 0 Å². The molecule has 4 heterocycles. The Balaban J connectivity index is 1.20. The van der Waals surface area contributed by atoms with E-state index < -0.39 is 0 Å². The van der Waals surface area contributed by atoms with Crippen molar-refractivity contribution in [3.8, 4) is 11.1 Å². The van der Waals surface area contributed by atoms with Crippen LogP contribution in [0.5, 0.6) is 0 Å². The van der Waals surface area contributed by atoms with E-state index in [1.54, 1.807) is 12.3 Å². The summed E-state index contributed by atoms with van der Waals surface area (Å²) in [6.45, 7) is 12.6. The van der Waals surface area contributed by atoms with Crippen molar-refractivity contribution in [2.24, 2.45) is 7.05 Å². The largest absolute Gasteiger partial charge is 0.379 e. The van der Waals surface area contributed by atoms with Crippen LogP contribution in [0.1, 0.15) is 53.9 Å². The highest BCUT2D eigenvalue weighted by molar-refractivity contribution is 5.96. The average molecular weight is 582 g/mol. The van der Waals surface area contributed by atoms with Gasteiger partial charge in [0.05, 0.1) is 25.1 Å². The highest BCUT2D eigenvalue weighted by Crippen LogP contribution is 2.30. The van der Waals surface area contributed by atoms with Crippen molar-refractivity contribution in [1.29, 1.82) is 0 Å². The van der Waals surface area contributed by atoms with Crippen LogP contribution in [-0.2, 0) is 18.3 Å². The van der Waals surface area contributed by atoms with Gasteiger partial charge < -0.3 is 15.0 Å². The molecule has 3 aromatic rings. The zero-order valence-electron chi connectivity index (χ0n) is 25.6. The summed E-state index contributed by atoms with van der Waals surface area (Å²) in [5, 5.41) is 7.83. The molecule has 0 bridgehead atoms. The van der Waals surface area contributed by atoms with Crippen LogP contribution in [0.4, 0.5) is 5.82 Å². The molecule has 2 aliphatic heterocycles. The number of piperazine rings is 1. The number of nitrogens with one attached hydrogen (secondary N) is 1. The van der Waals surface area contributed by atoms with Gasteiger partial charge in [0.25, 0.3) is 5.91 Å². The maximum absolute atomic E-state index is 13.5. The van der Waals surface area contributed by atoms with E-state index in [1.165, 1.54) is 5.69 Å². The van der Waals surface area contributed by atoms with Crippen LogP contribution in [0, 0.1) is 0 Å². The molecule has 43 heavy (non-hydrogen) atoms. The lowest BCUT2D eigenvalue weighted by atomic mass is 9.96. The average Bonchev–Trinajstić information content (AvgIpc) is 3.38. The fraction of sp³-hybridized carbons (Fsp3) is 0.441. The molecule has 6 rings (SSSR count). The van der Waals surface area contributed by atoms with E-state index in [0.717, 1.165) is 106 Å². The Labute approximate surface area is 254 Å². The molecule has 9 heteroatoms. The van der Waals surface area contributed by atoms with Crippen molar-refractivity contribution in [2.45, 2.75) is 39.3 Å². The number of ether oxygens (including phenoxy) is 1. The van der Waals surface area contributed by atoms with Crippen molar-refractivity contribution >= 4 is 23.9 Å². The Hall–Kier alpha value is -3.79. The van der Waals surface area contributed by atoms with Gasteiger partial charge in [-0.3, -0.25) is 19.3 Å². The molecule has 1 amide bonds. The maximum Gasteiger partial charge on any atom is 0.255 e. The summed E-state index contributed by atoms with van der Waals surface area (Å²) in [5.74, 6) is 0.767. The molecule has 2 fully saturated rings. The molecule has 0 atom stereocenters. The lowest BCUT2D eigenvalue weighted by Crippen LogP contribution is -2.49.